The second-order valence-corrected chi connectivity index (χ2v) is 6.91. The van der Waals surface area contributed by atoms with Gasteiger partial charge in [-0.2, -0.15) is 0 Å². The lowest BCUT2D eigenvalue weighted by Gasteiger charge is -2.20. The number of aryl methyl sites for hydroxylation is 1. The number of ether oxygens (including phenoxy) is 1. The van der Waals surface area contributed by atoms with Gasteiger partial charge in [-0.3, -0.25) is 4.79 Å². The SMILES string of the molecule is COc1ccc([C@H]2[C@@H]3CN(C(=O)c4ccc(C)c(N)c4)C[C@@H]32)cc1. The zero-order chi connectivity index (χ0) is 16.8. The fourth-order valence-corrected chi connectivity index (χ4v) is 3.97. The second-order valence-electron chi connectivity index (χ2n) is 6.91. The molecule has 0 bridgehead atoms. The molecule has 4 heteroatoms. The summed E-state index contributed by atoms with van der Waals surface area (Å²) in [5.41, 5.74) is 9.68. The number of piperidine rings is 1. The van der Waals surface area contributed by atoms with Crippen molar-refractivity contribution in [2.75, 3.05) is 25.9 Å². The maximum atomic E-state index is 12.7. The molecule has 1 saturated carbocycles. The number of likely N-dealkylation sites (tertiary alicyclic amines) is 1. The summed E-state index contributed by atoms with van der Waals surface area (Å²) in [7, 11) is 1.68. The summed E-state index contributed by atoms with van der Waals surface area (Å²) in [5.74, 6) is 2.75. The molecule has 1 aliphatic carbocycles. The van der Waals surface area contributed by atoms with Crippen molar-refractivity contribution in [1.82, 2.24) is 4.90 Å². The van der Waals surface area contributed by atoms with Crippen molar-refractivity contribution < 1.29 is 9.53 Å². The first-order valence-electron chi connectivity index (χ1n) is 8.38. The smallest absolute Gasteiger partial charge is 0.253 e. The summed E-state index contributed by atoms with van der Waals surface area (Å²) < 4.78 is 5.22. The molecule has 2 aromatic rings. The Labute approximate surface area is 142 Å². The molecule has 2 N–H and O–H groups in total. The Hall–Kier alpha value is -2.49. The maximum Gasteiger partial charge on any atom is 0.253 e. The van der Waals surface area contributed by atoms with E-state index >= 15 is 0 Å². The number of anilines is 1. The highest BCUT2D eigenvalue weighted by Gasteiger charge is 2.57. The Morgan fingerprint density at radius 2 is 1.79 bits per heavy atom. The topological polar surface area (TPSA) is 55.6 Å². The van der Waals surface area contributed by atoms with Gasteiger partial charge in [0.1, 0.15) is 5.75 Å². The molecule has 24 heavy (non-hydrogen) atoms. The fraction of sp³-hybridized carbons (Fsp3) is 0.350. The Morgan fingerprint density at radius 1 is 1.12 bits per heavy atom. The Balaban J connectivity index is 1.42. The molecule has 2 aliphatic rings. The molecule has 124 valence electrons. The Bertz CT molecular complexity index is 773. The van der Waals surface area contributed by atoms with Crippen molar-refractivity contribution in [1.29, 1.82) is 0 Å². The molecule has 0 aromatic heterocycles. The maximum absolute atomic E-state index is 12.7. The lowest BCUT2D eigenvalue weighted by atomic mass is 10.1. The van der Waals surface area contributed by atoms with Gasteiger partial charge < -0.3 is 15.4 Å². The number of methoxy groups -OCH3 is 1. The quantitative estimate of drug-likeness (QED) is 0.884. The molecule has 0 radical (unpaired) electrons. The third-order valence-corrected chi connectivity index (χ3v) is 5.51. The minimum atomic E-state index is 0.0994. The highest BCUT2D eigenvalue weighted by molar-refractivity contribution is 5.95. The number of nitrogens with zero attached hydrogens (tertiary/aromatic N) is 1. The van der Waals surface area contributed by atoms with Gasteiger partial charge in [0.2, 0.25) is 0 Å². The van der Waals surface area contributed by atoms with Crippen LogP contribution in [-0.4, -0.2) is 31.0 Å². The van der Waals surface area contributed by atoms with Crippen LogP contribution in [0.2, 0.25) is 0 Å². The first-order chi connectivity index (χ1) is 11.6. The molecule has 1 aliphatic heterocycles. The largest absolute Gasteiger partial charge is 0.497 e. The number of nitrogen functional groups attached to an aromatic ring is 1. The van der Waals surface area contributed by atoms with E-state index in [0.29, 0.717) is 29.0 Å². The summed E-state index contributed by atoms with van der Waals surface area (Å²) in [6.07, 6.45) is 0. The number of hydrogen-bond donors (Lipinski definition) is 1. The van der Waals surface area contributed by atoms with E-state index in [4.69, 9.17) is 10.5 Å². The van der Waals surface area contributed by atoms with E-state index in [2.05, 4.69) is 12.1 Å². The van der Waals surface area contributed by atoms with Gasteiger partial charge >= 0.3 is 0 Å². The van der Waals surface area contributed by atoms with E-state index in [0.717, 1.165) is 24.4 Å². The van der Waals surface area contributed by atoms with Crippen LogP contribution in [0.3, 0.4) is 0 Å². The molecule has 3 atom stereocenters. The third kappa shape index (κ3) is 2.42. The highest BCUT2D eigenvalue weighted by atomic mass is 16.5. The van der Waals surface area contributed by atoms with E-state index in [9.17, 15) is 4.79 Å². The summed E-state index contributed by atoms with van der Waals surface area (Å²) >= 11 is 0. The van der Waals surface area contributed by atoms with E-state index in [1.807, 2.05) is 36.1 Å². The molecule has 2 aromatic carbocycles. The van der Waals surface area contributed by atoms with Crippen molar-refractivity contribution in [3.8, 4) is 5.75 Å². The van der Waals surface area contributed by atoms with Crippen LogP contribution in [0.25, 0.3) is 0 Å². The summed E-state index contributed by atoms with van der Waals surface area (Å²) in [4.78, 5) is 14.6. The van der Waals surface area contributed by atoms with E-state index in [1.54, 1.807) is 13.2 Å². The summed E-state index contributed by atoms with van der Waals surface area (Å²) in [6.45, 7) is 3.63. The zero-order valence-electron chi connectivity index (χ0n) is 14.0. The molecule has 4 rings (SSSR count). The first-order valence-corrected chi connectivity index (χ1v) is 8.38. The van der Waals surface area contributed by atoms with Gasteiger partial charge in [0.15, 0.2) is 0 Å². The van der Waals surface area contributed by atoms with Crippen LogP contribution >= 0.6 is 0 Å². The van der Waals surface area contributed by atoms with Crippen LogP contribution in [0.4, 0.5) is 5.69 Å². The van der Waals surface area contributed by atoms with Crippen molar-refractivity contribution in [3.63, 3.8) is 0 Å². The zero-order valence-corrected chi connectivity index (χ0v) is 14.0. The number of fused-ring (bicyclic) bond motifs is 1. The molecule has 2 fully saturated rings. The predicted octanol–water partition coefficient (Wildman–Crippen LogP) is 3.07. The van der Waals surface area contributed by atoms with Gasteiger partial charge in [0.25, 0.3) is 5.91 Å². The van der Waals surface area contributed by atoms with Gasteiger partial charge in [-0.25, -0.2) is 0 Å². The van der Waals surface area contributed by atoms with Gasteiger partial charge in [-0.1, -0.05) is 18.2 Å². The number of carbonyl (C=O) groups is 1. The lowest BCUT2D eigenvalue weighted by Crippen LogP contribution is -2.31. The Kier molecular flexibility index (Phi) is 3.48. The van der Waals surface area contributed by atoms with Crippen molar-refractivity contribution in [2.24, 2.45) is 11.8 Å². The molecule has 1 heterocycles. The Morgan fingerprint density at radius 3 is 2.38 bits per heavy atom. The van der Waals surface area contributed by atoms with E-state index in [1.165, 1.54) is 5.56 Å². The van der Waals surface area contributed by atoms with Crippen LogP contribution in [0.5, 0.6) is 5.75 Å². The van der Waals surface area contributed by atoms with E-state index < -0.39 is 0 Å². The minimum Gasteiger partial charge on any atom is -0.497 e. The van der Waals surface area contributed by atoms with Crippen molar-refractivity contribution in [2.45, 2.75) is 12.8 Å². The number of carbonyl (C=O) groups excluding carboxylic acids is 1. The van der Waals surface area contributed by atoms with Crippen LogP contribution in [0.1, 0.15) is 27.4 Å². The molecule has 1 saturated heterocycles. The van der Waals surface area contributed by atoms with Gasteiger partial charge in [0, 0.05) is 24.3 Å². The average molecular weight is 322 g/mol. The number of benzene rings is 2. The van der Waals surface area contributed by atoms with Crippen LogP contribution < -0.4 is 10.5 Å². The lowest BCUT2D eigenvalue weighted by molar-refractivity contribution is 0.0773. The van der Waals surface area contributed by atoms with Crippen LogP contribution in [-0.2, 0) is 0 Å². The third-order valence-electron chi connectivity index (χ3n) is 5.51. The molecule has 4 nitrogen and oxygen atoms in total. The monoisotopic (exact) mass is 322 g/mol. The number of hydrogen-bond acceptors (Lipinski definition) is 3. The van der Waals surface area contributed by atoms with E-state index in [-0.39, 0.29) is 5.91 Å². The van der Waals surface area contributed by atoms with Crippen molar-refractivity contribution in [3.05, 3.63) is 59.2 Å². The molecular weight excluding hydrogens is 300 g/mol. The van der Waals surface area contributed by atoms with Gasteiger partial charge in [0.05, 0.1) is 7.11 Å². The molecular formula is C20H22N2O2. The van der Waals surface area contributed by atoms with Gasteiger partial charge in [-0.15, -0.1) is 0 Å². The van der Waals surface area contributed by atoms with Crippen LogP contribution in [0.15, 0.2) is 42.5 Å². The van der Waals surface area contributed by atoms with Gasteiger partial charge in [-0.05, 0) is 60.1 Å². The average Bonchev–Trinajstić information content (AvgIpc) is 3.10. The normalized spacial score (nSPS) is 24.6. The van der Waals surface area contributed by atoms with Crippen molar-refractivity contribution >= 4 is 11.6 Å². The standard InChI is InChI=1S/C20H22N2O2/c1-12-3-4-14(9-18(12)21)20(23)22-10-16-17(11-22)19(16)13-5-7-15(24-2)8-6-13/h3-9,16-17,19H,10-11,21H2,1-2H3/t16-,17+,19+. The highest BCUT2D eigenvalue weighted by Crippen LogP contribution is 2.58. The molecule has 0 unspecified atom stereocenters. The number of amides is 1. The van der Waals surface area contributed by atoms with Crippen LogP contribution in [0, 0.1) is 18.8 Å². The number of rotatable bonds is 3. The number of nitrogens with two attached hydrogens (primary N) is 1. The summed E-state index contributed by atoms with van der Waals surface area (Å²) in [5, 5.41) is 0. The fourth-order valence-electron chi connectivity index (χ4n) is 3.97. The minimum absolute atomic E-state index is 0.0994. The first kappa shape index (κ1) is 15.1. The summed E-state index contributed by atoms with van der Waals surface area (Å²) in [6, 6.07) is 13.9. The molecule has 1 amide bonds. The second kappa shape index (κ2) is 5.55. The predicted molar refractivity (Wildman–Crippen MR) is 94.2 cm³/mol. The molecule has 0 spiro atoms.